The molecule has 7 heteroatoms. The van der Waals surface area contributed by atoms with Gasteiger partial charge < -0.3 is 14.8 Å². The van der Waals surface area contributed by atoms with E-state index in [4.69, 9.17) is 9.47 Å². The highest BCUT2D eigenvalue weighted by Crippen LogP contribution is 2.27. The minimum Gasteiger partial charge on any atom is -0.382 e. The molecular formula is C13H20BrN3O3. The Bertz CT molecular complexity index is 526. The first kappa shape index (κ1) is 15.5. The largest absolute Gasteiger partial charge is 0.382 e. The maximum absolute atomic E-state index is 11.7. The van der Waals surface area contributed by atoms with Crippen molar-refractivity contribution in [3.05, 3.63) is 21.0 Å². The second kappa shape index (κ2) is 6.24. The summed E-state index contributed by atoms with van der Waals surface area (Å²) in [5.41, 5.74) is 0.551. The van der Waals surface area contributed by atoms with E-state index in [1.807, 2.05) is 6.92 Å². The summed E-state index contributed by atoms with van der Waals surface area (Å²) >= 11 is 3.29. The molecule has 1 aromatic rings. The molecule has 20 heavy (non-hydrogen) atoms. The van der Waals surface area contributed by atoms with Crippen LogP contribution in [0.5, 0.6) is 0 Å². The van der Waals surface area contributed by atoms with Crippen molar-refractivity contribution >= 4 is 21.6 Å². The first-order valence-electron chi connectivity index (χ1n) is 6.65. The molecule has 2 heterocycles. The third kappa shape index (κ3) is 3.59. The van der Waals surface area contributed by atoms with Gasteiger partial charge in [0, 0.05) is 20.0 Å². The molecule has 0 bridgehead atoms. The molecule has 0 saturated carbocycles. The van der Waals surface area contributed by atoms with Crippen LogP contribution in [0.1, 0.15) is 20.3 Å². The lowest BCUT2D eigenvalue weighted by Gasteiger charge is -2.26. The fourth-order valence-corrected chi connectivity index (χ4v) is 2.80. The van der Waals surface area contributed by atoms with E-state index >= 15 is 0 Å². The van der Waals surface area contributed by atoms with Crippen LogP contribution in [0.4, 0.5) is 5.69 Å². The average molecular weight is 346 g/mol. The molecule has 1 aromatic heterocycles. The Morgan fingerprint density at radius 1 is 1.55 bits per heavy atom. The van der Waals surface area contributed by atoms with E-state index in [2.05, 4.69) is 33.3 Å². The van der Waals surface area contributed by atoms with E-state index in [9.17, 15) is 4.79 Å². The number of aryl methyl sites for hydroxylation is 1. The molecule has 2 rings (SSSR count). The molecular weight excluding hydrogens is 326 g/mol. The SMILES string of the molecule is C[C@H](CNc1cnn(C)c(=O)c1Br)CC1(C)OCCO1. The van der Waals surface area contributed by atoms with Crippen molar-refractivity contribution in [1.82, 2.24) is 9.78 Å². The van der Waals surface area contributed by atoms with Gasteiger partial charge >= 0.3 is 0 Å². The number of nitrogens with zero attached hydrogens (tertiary/aromatic N) is 2. The molecule has 0 amide bonds. The van der Waals surface area contributed by atoms with Crippen LogP contribution in [-0.4, -0.2) is 35.3 Å². The number of hydrogen-bond donors (Lipinski definition) is 1. The number of aromatic nitrogens is 2. The van der Waals surface area contributed by atoms with Crippen molar-refractivity contribution in [2.24, 2.45) is 13.0 Å². The fourth-order valence-electron chi connectivity index (χ4n) is 2.30. The smallest absolute Gasteiger partial charge is 0.282 e. The summed E-state index contributed by atoms with van der Waals surface area (Å²) in [4.78, 5) is 11.7. The summed E-state index contributed by atoms with van der Waals surface area (Å²) in [5, 5.41) is 7.23. The van der Waals surface area contributed by atoms with Gasteiger partial charge in [0.25, 0.3) is 5.56 Å². The molecule has 0 aliphatic carbocycles. The predicted molar refractivity (Wildman–Crippen MR) is 79.8 cm³/mol. The summed E-state index contributed by atoms with van der Waals surface area (Å²) in [6.45, 7) is 6.11. The van der Waals surface area contributed by atoms with Crippen LogP contribution in [-0.2, 0) is 16.5 Å². The minimum atomic E-state index is -0.483. The highest BCUT2D eigenvalue weighted by atomic mass is 79.9. The van der Waals surface area contributed by atoms with Crippen LogP contribution in [0.15, 0.2) is 15.5 Å². The third-order valence-electron chi connectivity index (χ3n) is 3.34. The molecule has 1 aliphatic rings. The van der Waals surface area contributed by atoms with E-state index in [-0.39, 0.29) is 5.56 Å². The van der Waals surface area contributed by atoms with Gasteiger partial charge in [-0.1, -0.05) is 6.92 Å². The van der Waals surface area contributed by atoms with Crippen molar-refractivity contribution in [2.45, 2.75) is 26.1 Å². The molecule has 0 spiro atoms. The van der Waals surface area contributed by atoms with Crippen LogP contribution in [0.25, 0.3) is 0 Å². The van der Waals surface area contributed by atoms with Crippen molar-refractivity contribution < 1.29 is 9.47 Å². The molecule has 112 valence electrons. The summed E-state index contributed by atoms with van der Waals surface area (Å²) in [6, 6.07) is 0. The van der Waals surface area contributed by atoms with Gasteiger partial charge in [-0.25, -0.2) is 4.68 Å². The number of halogens is 1. The Morgan fingerprint density at radius 2 is 2.20 bits per heavy atom. The summed E-state index contributed by atoms with van der Waals surface area (Å²) in [7, 11) is 1.62. The molecule has 1 saturated heterocycles. The van der Waals surface area contributed by atoms with Gasteiger partial charge in [0.05, 0.1) is 25.1 Å². The molecule has 1 N–H and O–H groups in total. The van der Waals surface area contributed by atoms with Crippen molar-refractivity contribution in [1.29, 1.82) is 0 Å². The third-order valence-corrected chi connectivity index (χ3v) is 4.10. The molecule has 6 nitrogen and oxygen atoms in total. The Morgan fingerprint density at radius 3 is 2.85 bits per heavy atom. The Labute approximate surface area is 126 Å². The summed E-state index contributed by atoms with van der Waals surface area (Å²) < 4.78 is 13.0. The quantitative estimate of drug-likeness (QED) is 0.880. The topological polar surface area (TPSA) is 65.4 Å². The normalized spacial score (nSPS) is 19.0. The number of rotatable bonds is 5. The van der Waals surface area contributed by atoms with Crippen LogP contribution < -0.4 is 10.9 Å². The number of anilines is 1. The van der Waals surface area contributed by atoms with Gasteiger partial charge in [-0.15, -0.1) is 0 Å². The minimum absolute atomic E-state index is 0.155. The zero-order valence-corrected chi connectivity index (χ0v) is 13.6. The summed E-state index contributed by atoms with van der Waals surface area (Å²) in [5.74, 6) is -0.141. The Hall–Kier alpha value is -0.920. The first-order chi connectivity index (χ1) is 9.41. The van der Waals surface area contributed by atoms with Crippen LogP contribution in [0, 0.1) is 5.92 Å². The van der Waals surface area contributed by atoms with Crippen molar-refractivity contribution in [3.8, 4) is 0 Å². The van der Waals surface area contributed by atoms with E-state index < -0.39 is 5.79 Å². The summed E-state index contributed by atoms with van der Waals surface area (Å²) in [6.07, 6.45) is 2.44. The first-order valence-corrected chi connectivity index (χ1v) is 7.44. The molecule has 0 unspecified atom stereocenters. The molecule has 1 atom stereocenters. The van der Waals surface area contributed by atoms with E-state index in [1.165, 1.54) is 4.68 Å². The van der Waals surface area contributed by atoms with Gasteiger partial charge in [-0.2, -0.15) is 5.10 Å². The van der Waals surface area contributed by atoms with E-state index in [1.54, 1.807) is 13.2 Å². The van der Waals surface area contributed by atoms with Gasteiger partial charge in [0.2, 0.25) is 0 Å². The zero-order chi connectivity index (χ0) is 14.8. The lowest BCUT2D eigenvalue weighted by Crippen LogP contribution is -2.30. The standard InChI is InChI=1S/C13H20BrN3O3/c1-9(6-13(2)19-4-5-20-13)7-15-10-8-16-17(3)12(18)11(10)14/h8-9,15H,4-7H2,1-3H3/t9-/m0/s1. The second-order valence-corrected chi connectivity index (χ2v) is 6.11. The number of hydrogen-bond acceptors (Lipinski definition) is 5. The van der Waals surface area contributed by atoms with E-state index in [0.29, 0.717) is 29.3 Å². The zero-order valence-electron chi connectivity index (χ0n) is 12.0. The highest BCUT2D eigenvalue weighted by molar-refractivity contribution is 9.10. The maximum Gasteiger partial charge on any atom is 0.282 e. The highest BCUT2D eigenvalue weighted by Gasteiger charge is 2.32. The molecule has 0 aromatic carbocycles. The monoisotopic (exact) mass is 345 g/mol. The Balaban J connectivity index is 1.92. The van der Waals surface area contributed by atoms with Crippen LogP contribution in [0.3, 0.4) is 0 Å². The second-order valence-electron chi connectivity index (χ2n) is 5.32. The lowest BCUT2D eigenvalue weighted by molar-refractivity contribution is -0.153. The molecule has 1 aliphatic heterocycles. The predicted octanol–water partition coefficient (Wildman–Crippen LogP) is 1.74. The van der Waals surface area contributed by atoms with Gasteiger partial charge in [0.15, 0.2) is 5.79 Å². The maximum atomic E-state index is 11.7. The van der Waals surface area contributed by atoms with Gasteiger partial charge in [0.1, 0.15) is 4.47 Å². The van der Waals surface area contributed by atoms with Crippen molar-refractivity contribution in [3.63, 3.8) is 0 Å². The van der Waals surface area contributed by atoms with Gasteiger partial charge in [-0.05, 0) is 28.8 Å². The Kier molecular flexibility index (Phi) is 4.82. The molecule has 1 fully saturated rings. The lowest BCUT2D eigenvalue weighted by atomic mass is 10.0. The van der Waals surface area contributed by atoms with Crippen LogP contribution >= 0.6 is 15.9 Å². The van der Waals surface area contributed by atoms with E-state index in [0.717, 1.165) is 13.0 Å². The molecule has 0 radical (unpaired) electrons. The fraction of sp³-hybridized carbons (Fsp3) is 0.692. The van der Waals surface area contributed by atoms with Crippen molar-refractivity contribution in [2.75, 3.05) is 25.1 Å². The van der Waals surface area contributed by atoms with Crippen LogP contribution in [0.2, 0.25) is 0 Å². The van der Waals surface area contributed by atoms with Gasteiger partial charge in [-0.3, -0.25) is 4.79 Å². The number of ether oxygens (including phenoxy) is 2. The average Bonchev–Trinajstić information content (AvgIpc) is 2.81. The number of nitrogens with one attached hydrogen (secondary N) is 1.